The van der Waals surface area contributed by atoms with Gasteiger partial charge in [-0.15, -0.1) is 24.0 Å². The highest BCUT2D eigenvalue weighted by atomic mass is 127. The molecule has 0 amide bonds. The first kappa shape index (κ1) is 25.0. The van der Waals surface area contributed by atoms with E-state index in [9.17, 15) is 0 Å². The Balaban J connectivity index is 0.00000625. The van der Waals surface area contributed by atoms with Gasteiger partial charge in [-0.05, 0) is 37.3 Å². The standard InChI is InChI=1S/C20H36N4O.HI/c1-18(2)17-25-16-10-14-23-20(21-3)22-13-8-9-15-24(4)19-11-6-5-7-12-19;/h5-7,11-12,18H,8-10,13-17H2,1-4H3,(H2,21,22,23);1H. The minimum absolute atomic E-state index is 0. The monoisotopic (exact) mass is 476 g/mol. The maximum Gasteiger partial charge on any atom is 0.190 e. The van der Waals surface area contributed by atoms with Gasteiger partial charge in [0, 0.05) is 52.6 Å². The first-order valence-corrected chi connectivity index (χ1v) is 9.42. The highest BCUT2D eigenvalue weighted by molar-refractivity contribution is 14.0. The van der Waals surface area contributed by atoms with E-state index in [1.807, 2.05) is 7.05 Å². The molecule has 2 N–H and O–H groups in total. The van der Waals surface area contributed by atoms with Gasteiger partial charge in [0.25, 0.3) is 0 Å². The average molecular weight is 476 g/mol. The summed E-state index contributed by atoms with van der Waals surface area (Å²) in [6.07, 6.45) is 3.27. The van der Waals surface area contributed by atoms with Crippen LogP contribution in [0.4, 0.5) is 5.69 Å². The molecule has 0 bridgehead atoms. The highest BCUT2D eigenvalue weighted by Gasteiger charge is 2.00. The number of ether oxygens (including phenoxy) is 1. The molecule has 5 nitrogen and oxygen atoms in total. The van der Waals surface area contributed by atoms with Crippen LogP contribution < -0.4 is 15.5 Å². The lowest BCUT2D eigenvalue weighted by atomic mass is 10.2. The summed E-state index contributed by atoms with van der Waals surface area (Å²) in [7, 11) is 3.96. The second kappa shape index (κ2) is 16.2. The van der Waals surface area contributed by atoms with Crippen molar-refractivity contribution in [3.63, 3.8) is 0 Å². The summed E-state index contributed by atoms with van der Waals surface area (Å²) in [6.45, 7) is 8.85. The van der Waals surface area contributed by atoms with Crippen LogP contribution in [-0.4, -0.2) is 52.9 Å². The zero-order valence-electron chi connectivity index (χ0n) is 16.8. The van der Waals surface area contributed by atoms with Crippen molar-refractivity contribution in [2.45, 2.75) is 33.1 Å². The molecule has 0 saturated heterocycles. The first-order valence-electron chi connectivity index (χ1n) is 9.42. The van der Waals surface area contributed by atoms with E-state index in [-0.39, 0.29) is 24.0 Å². The van der Waals surface area contributed by atoms with Crippen LogP contribution in [-0.2, 0) is 4.74 Å². The van der Waals surface area contributed by atoms with E-state index >= 15 is 0 Å². The Morgan fingerprint density at radius 1 is 1.08 bits per heavy atom. The third-order valence-corrected chi connectivity index (χ3v) is 3.84. The van der Waals surface area contributed by atoms with E-state index in [1.54, 1.807) is 0 Å². The van der Waals surface area contributed by atoms with Crippen molar-refractivity contribution in [3.8, 4) is 0 Å². The molecule has 26 heavy (non-hydrogen) atoms. The first-order chi connectivity index (χ1) is 12.1. The zero-order valence-corrected chi connectivity index (χ0v) is 19.2. The fourth-order valence-electron chi connectivity index (χ4n) is 2.41. The number of rotatable bonds is 12. The number of halogens is 1. The summed E-state index contributed by atoms with van der Waals surface area (Å²) in [5.41, 5.74) is 1.27. The number of para-hydroxylation sites is 1. The highest BCUT2D eigenvalue weighted by Crippen LogP contribution is 2.11. The minimum Gasteiger partial charge on any atom is -0.381 e. The van der Waals surface area contributed by atoms with Crippen molar-refractivity contribution in [1.29, 1.82) is 0 Å². The number of nitrogens with zero attached hydrogens (tertiary/aromatic N) is 2. The lowest BCUT2D eigenvalue weighted by Crippen LogP contribution is -2.38. The van der Waals surface area contributed by atoms with Crippen LogP contribution in [0.5, 0.6) is 0 Å². The number of nitrogens with one attached hydrogen (secondary N) is 2. The van der Waals surface area contributed by atoms with Crippen LogP contribution in [0.3, 0.4) is 0 Å². The average Bonchev–Trinajstić information content (AvgIpc) is 2.62. The second-order valence-corrected chi connectivity index (χ2v) is 6.71. The van der Waals surface area contributed by atoms with E-state index < -0.39 is 0 Å². The minimum atomic E-state index is 0. The van der Waals surface area contributed by atoms with Gasteiger partial charge in [0.2, 0.25) is 0 Å². The predicted molar refractivity (Wildman–Crippen MR) is 124 cm³/mol. The fourth-order valence-corrected chi connectivity index (χ4v) is 2.41. The van der Waals surface area contributed by atoms with Gasteiger partial charge in [0.05, 0.1) is 0 Å². The molecule has 1 aromatic rings. The Morgan fingerprint density at radius 2 is 1.73 bits per heavy atom. The normalized spacial score (nSPS) is 11.2. The van der Waals surface area contributed by atoms with Crippen LogP contribution >= 0.6 is 24.0 Å². The molecule has 0 spiro atoms. The lowest BCUT2D eigenvalue weighted by Gasteiger charge is -2.19. The van der Waals surface area contributed by atoms with Gasteiger partial charge in [-0.3, -0.25) is 4.99 Å². The summed E-state index contributed by atoms with van der Waals surface area (Å²) in [6, 6.07) is 10.5. The second-order valence-electron chi connectivity index (χ2n) is 6.71. The molecule has 1 aromatic carbocycles. The van der Waals surface area contributed by atoms with Crippen LogP contribution in [0.1, 0.15) is 33.1 Å². The van der Waals surface area contributed by atoms with Crippen molar-refractivity contribution < 1.29 is 4.74 Å². The summed E-state index contributed by atoms with van der Waals surface area (Å²) in [5, 5.41) is 6.70. The molecule has 0 heterocycles. The number of benzene rings is 1. The molecule has 0 fully saturated rings. The molecular weight excluding hydrogens is 439 g/mol. The molecule has 150 valence electrons. The third-order valence-electron chi connectivity index (χ3n) is 3.84. The van der Waals surface area contributed by atoms with Gasteiger partial charge in [0.15, 0.2) is 5.96 Å². The van der Waals surface area contributed by atoms with Gasteiger partial charge in [0.1, 0.15) is 0 Å². The molecule has 0 atom stereocenters. The number of unbranched alkanes of at least 4 members (excludes halogenated alkanes) is 1. The topological polar surface area (TPSA) is 48.9 Å². The van der Waals surface area contributed by atoms with Crippen molar-refractivity contribution in [2.75, 3.05) is 51.8 Å². The van der Waals surface area contributed by atoms with Crippen LogP contribution in [0, 0.1) is 5.92 Å². The Hall–Kier alpha value is -1.02. The number of hydrogen-bond acceptors (Lipinski definition) is 3. The zero-order chi connectivity index (χ0) is 18.3. The van der Waals surface area contributed by atoms with E-state index in [2.05, 4.69) is 71.8 Å². The maximum atomic E-state index is 5.58. The van der Waals surface area contributed by atoms with Crippen molar-refractivity contribution >= 4 is 35.6 Å². The summed E-state index contributed by atoms with van der Waals surface area (Å²) >= 11 is 0. The number of hydrogen-bond donors (Lipinski definition) is 2. The molecule has 0 unspecified atom stereocenters. The molecule has 1 rings (SSSR count). The SMILES string of the molecule is CN=C(NCCCCN(C)c1ccccc1)NCCCOCC(C)C.I. The van der Waals surface area contributed by atoms with E-state index in [1.165, 1.54) is 5.69 Å². The predicted octanol–water partition coefficient (Wildman–Crippen LogP) is 3.75. The van der Waals surface area contributed by atoms with Gasteiger partial charge < -0.3 is 20.3 Å². The van der Waals surface area contributed by atoms with Crippen molar-refractivity contribution in [3.05, 3.63) is 30.3 Å². The molecule has 0 aromatic heterocycles. The molecular formula is C20H37IN4O. The van der Waals surface area contributed by atoms with Gasteiger partial charge in [-0.2, -0.15) is 0 Å². The molecule has 0 aliphatic carbocycles. The maximum absolute atomic E-state index is 5.58. The Kier molecular flexibility index (Phi) is 15.5. The van der Waals surface area contributed by atoms with Crippen molar-refractivity contribution in [2.24, 2.45) is 10.9 Å². The Bertz CT molecular complexity index is 468. The van der Waals surface area contributed by atoms with Crippen LogP contribution in [0.25, 0.3) is 0 Å². The molecule has 0 aliphatic heterocycles. The van der Waals surface area contributed by atoms with Gasteiger partial charge in [-0.25, -0.2) is 0 Å². The molecule has 6 heteroatoms. The summed E-state index contributed by atoms with van der Waals surface area (Å²) in [5.74, 6) is 1.48. The Labute approximate surface area is 177 Å². The fraction of sp³-hybridized carbons (Fsp3) is 0.650. The number of anilines is 1. The third kappa shape index (κ3) is 12.4. The summed E-state index contributed by atoms with van der Waals surface area (Å²) < 4.78 is 5.58. The number of aliphatic imine (C=N–C) groups is 1. The lowest BCUT2D eigenvalue weighted by molar-refractivity contribution is 0.108. The molecule has 0 radical (unpaired) electrons. The smallest absolute Gasteiger partial charge is 0.190 e. The van der Waals surface area contributed by atoms with E-state index in [4.69, 9.17) is 4.74 Å². The largest absolute Gasteiger partial charge is 0.381 e. The molecule has 0 saturated carbocycles. The van der Waals surface area contributed by atoms with Crippen LogP contribution in [0.15, 0.2) is 35.3 Å². The van der Waals surface area contributed by atoms with Crippen LogP contribution in [0.2, 0.25) is 0 Å². The number of guanidine groups is 1. The van der Waals surface area contributed by atoms with E-state index in [0.717, 1.165) is 58.1 Å². The van der Waals surface area contributed by atoms with Gasteiger partial charge in [-0.1, -0.05) is 32.0 Å². The van der Waals surface area contributed by atoms with E-state index in [0.29, 0.717) is 5.92 Å². The summed E-state index contributed by atoms with van der Waals surface area (Å²) in [4.78, 5) is 6.55. The molecule has 0 aliphatic rings. The van der Waals surface area contributed by atoms with Crippen molar-refractivity contribution in [1.82, 2.24) is 10.6 Å². The van der Waals surface area contributed by atoms with Gasteiger partial charge >= 0.3 is 0 Å². The Morgan fingerprint density at radius 3 is 2.35 bits per heavy atom. The quantitative estimate of drug-likeness (QED) is 0.209.